The van der Waals surface area contributed by atoms with E-state index < -0.39 is 0 Å². The highest BCUT2D eigenvalue weighted by molar-refractivity contribution is 9.10. The van der Waals surface area contributed by atoms with Crippen LogP contribution in [0, 0.1) is 11.3 Å². The lowest BCUT2D eigenvalue weighted by Gasteiger charge is -2.21. The molecule has 0 radical (unpaired) electrons. The number of fused-ring (bicyclic) bond motifs is 1. The highest BCUT2D eigenvalue weighted by Gasteiger charge is 2.50. The smallest absolute Gasteiger partial charge is 0.310 e. The van der Waals surface area contributed by atoms with Crippen LogP contribution in [-0.4, -0.2) is 16.5 Å². The van der Waals surface area contributed by atoms with E-state index in [0.29, 0.717) is 17.4 Å². The van der Waals surface area contributed by atoms with E-state index in [2.05, 4.69) is 58.1 Å². The van der Waals surface area contributed by atoms with Gasteiger partial charge in [-0.15, -0.1) is 0 Å². The summed E-state index contributed by atoms with van der Waals surface area (Å²) in [7, 11) is 0. The van der Waals surface area contributed by atoms with Crippen molar-refractivity contribution >= 4 is 27.0 Å². The van der Waals surface area contributed by atoms with Crippen LogP contribution in [0.25, 0.3) is 11.0 Å². The summed E-state index contributed by atoms with van der Waals surface area (Å²) in [5.74, 6) is 0.641. The molecule has 0 amide bonds. The normalized spacial score (nSPS) is 22.1. The fourth-order valence-electron chi connectivity index (χ4n) is 3.08. The lowest BCUT2D eigenvalue weighted by Crippen LogP contribution is -2.24. The Morgan fingerprint density at radius 2 is 2.00 bits per heavy atom. The number of benzene rings is 1. The van der Waals surface area contributed by atoms with Crippen molar-refractivity contribution in [1.82, 2.24) is 15.3 Å². The number of hydrogen-bond donors (Lipinski definition) is 3. The molecule has 2 atom stereocenters. The average Bonchev–Trinajstić information content (AvgIpc) is 2.82. The number of rotatable bonds is 4. The first-order valence-electron chi connectivity index (χ1n) is 7.07. The second-order valence-corrected chi connectivity index (χ2v) is 7.19. The number of imidazole rings is 1. The van der Waals surface area contributed by atoms with E-state index in [1.807, 2.05) is 6.07 Å². The number of nitrogens with one attached hydrogen (secondary N) is 3. The zero-order chi connectivity index (χ0) is 14.5. The maximum absolute atomic E-state index is 11.4. The van der Waals surface area contributed by atoms with Gasteiger partial charge in [0.25, 0.3) is 0 Å². The van der Waals surface area contributed by atoms with E-state index in [-0.39, 0.29) is 5.69 Å². The molecular formula is C15H20BrN3O. The van der Waals surface area contributed by atoms with Gasteiger partial charge in [0.05, 0.1) is 11.0 Å². The topological polar surface area (TPSA) is 60.7 Å². The first-order valence-corrected chi connectivity index (χ1v) is 7.86. The molecule has 0 saturated heterocycles. The van der Waals surface area contributed by atoms with Crippen molar-refractivity contribution in [2.75, 3.05) is 6.54 Å². The minimum atomic E-state index is -0.157. The summed E-state index contributed by atoms with van der Waals surface area (Å²) in [6, 6.07) is 4.40. The van der Waals surface area contributed by atoms with Crippen LogP contribution in [0.15, 0.2) is 21.4 Å². The van der Waals surface area contributed by atoms with Gasteiger partial charge >= 0.3 is 5.69 Å². The molecule has 1 aliphatic rings. The third kappa shape index (κ3) is 2.33. The molecule has 1 aromatic heterocycles. The fourth-order valence-corrected chi connectivity index (χ4v) is 3.67. The summed E-state index contributed by atoms with van der Waals surface area (Å²) in [6.45, 7) is 7.69. The molecule has 1 aliphatic carbocycles. The zero-order valence-electron chi connectivity index (χ0n) is 12.0. The molecule has 20 heavy (non-hydrogen) atoms. The molecule has 0 bridgehead atoms. The number of halogens is 1. The zero-order valence-corrected chi connectivity index (χ0v) is 13.6. The quantitative estimate of drug-likeness (QED) is 0.801. The first-order chi connectivity index (χ1) is 9.42. The van der Waals surface area contributed by atoms with E-state index in [0.717, 1.165) is 22.1 Å². The summed E-state index contributed by atoms with van der Waals surface area (Å²) in [4.78, 5) is 17.1. The van der Waals surface area contributed by atoms with Crippen LogP contribution < -0.4 is 11.0 Å². The van der Waals surface area contributed by atoms with Crippen molar-refractivity contribution in [3.05, 3.63) is 32.7 Å². The SMILES string of the molecule is CCNC(c1cc2[nH]c(=O)[nH]c2cc1Br)C1CC1(C)C. The maximum Gasteiger partial charge on any atom is 0.323 e. The van der Waals surface area contributed by atoms with Gasteiger partial charge in [0.2, 0.25) is 0 Å². The van der Waals surface area contributed by atoms with Gasteiger partial charge in [0.15, 0.2) is 0 Å². The Hall–Kier alpha value is -1.07. The van der Waals surface area contributed by atoms with E-state index in [1.54, 1.807) is 0 Å². The monoisotopic (exact) mass is 337 g/mol. The minimum absolute atomic E-state index is 0.157. The standard InChI is InChI=1S/C15H20BrN3O/c1-4-17-13(9-7-15(9,2)3)8-5-11-12(6-10(8)16)19-14(20)18-11/h5-6,9,13,17H,4,7H2,1-3H3,(H2,18,19,20). The van der Waals surface area contributed by atoms with E-state index in [1.165, 1.54) is 12.0 Å². The van der Waals surface area contributed by atoms with Crippen molar-refractivity contribution in [2.45, 2.75) is 33.2 Å². The predicted octanol–water partition coefficient (Wildman–Crippen LogP) is 3.32. The summed E-state index contributed by atoms with van der Waals surface area (Å²) in [5.41, 5.74) is 3.18. The van der Waals surface area contributed by atoms with Gasteiger partial charge < -0.3 is 15.3 Å². The predicted molar refractivity (Wildman–Crippen MR) is 84.9 cm³/mol. The number of aromatic amines is 2. The Morgan fingerprint density at radius 1 is 1.40 bits per heavy atom. The van der Waals surface area contributed by atoms with E-state index in [9.17, 15) is 4.79 Å². The second-order valence-electron chi connectivity index (χ2n) is 6.33. The highest BCUT2D eigenvalue weighted by atomic mass is 79.9. The molecule has 2 unspecified atom stereocenters. The molecule has 1 fully saturated rings. The van der Waals surface area contributed by atoms with Crippen molar-refractivity contribution in [1.29, 1.82) is 0 Å². The molecule has 2 aromatic rings. The molecule has 1 saturated carbocycles. The molecule has 4 nitrogen and oxygen atoms in total. The Labute approximate surface area is 126 Å². The largest absolute Gasteiger partial charge is 0.323 e. The number of H-pyrrole nitrogens is 2. The number of hydrogen-bond acceptors (Lipinski definition) is 2. The minimum Gasteiger partial charge on any atom is -0.310 e. The molecule has 5 heteroatoms. The highest BCUT2D eigenvalue weighted by Crippen LogP contribution is 2.58. The third-order valence-corrected chi connectivity index (χ3v) is 5.07. The molecule has 1 aromatic carbocycles. The third-order valence-electron chi connectivity index (χ3n) is 4.38. The molecule has 1 heterocycles. The molecular weight excluding hydrogens is 318 g/mol. The summed E-state index contributed by atoms with van der Waals surface area (Å²) in [5, 5.41) is 3.60. The van der Waals surface area contributed by atoms with Crippen LogP contribution in [0.3, 0.4) is 0 Å². The van der Waals surface area contributed by atoms with E-state index >= 15 is 0 Å². The van der Waals surface area contributed by atoms with E-state index in [4.69, 9.17) is 0 Å². The van der Waals surface area contributed by atoms with Crippen LogP contribution in [0.5, 0.6) is 0 Å². The van der Waals surface area contributed by atoms with Crippen LogP contribution in [0.2, 0.25) is 0 Å². The molecule has 3 N–H and O–H groups in total. The van der Waals surface area contributed by atoms with Crippen LogP contribution in [-0.2, 0) is 0 Å². The van der Waals surface area contributed by atoms with Crippen LogP contribution in [0.4, 0.5) is 0 Å². The Bertz CT molecular complexity index is 701. The summed E-state index contributed by atoms with van der Waals surface area (Å²) in [6.07, 6.45) is 1.23. The fraction of sp³-hybridized carbons (Fsp3) is 0.533. The lowest BCUT2D eigenvalue weighted by atomic mass is 9.96. The lowest BCUT2D eigenvalue weighted by molar-refractivity contribution is 0.422. The number of aromatic nitrogens is 2. The van der Waals surface area contributed by atoms with Crippen molar-refractivity contribution < 1.29 is 0 Å². The van der Waals surface area contributed by atoms with Gasteiger partial charge in [-0.25, -0.2) is 4.79 Å². The molecule has 0 spiro atoms. The van der Waals surface area contributed by atoms with Crippen molar-refractivity contribution in [3.63, 3.8) is 0 Å². The Kier molecular flexibility index (Phi) is 3.29. The molecule has 3 rings (SSSR count). The Balaban J connectivity index is 2.06. The van der Waals surface area contributed by atoms with Gasteiger partial charge in [0.1, 0.15) is 0 Å². The first kappa shape index (κ1) is 13.9. The molecule has 0 aliphatic heterocycles. The average molecular weight is 338 g/mol. The second kappa shape index (κ2) is 4.74. The van der Waals surface area contributed by atoms with Crippen LogP contribution in [0.1, 0.15) is 38.8 Å². The van der Waals surface area contributed by atoms with Crippen molar-refractivity contribution in [2.24, 2.45) is 11.3 Å². The van der Waals surface area contributed by atoms with Gasteiger partial charge in [-0.1, -0.05) is 36.7 Å². The van der Waals surface area contributed by atoms with Gasteiger partial charge in [-0.05, 0) is 42.0 Å². The molecule has 108 valence electrons. The maximum atomic E-state index is 11.4. The Morgan fingerprint density at radius 3 is 2.55 bits per heavy atom. The van der Waals surface area contributed by atoms with Gasteiger partial charge in [-0.3, -0.25) is 0 Å². The summed E-state index contributed by atoms with van der Waals surface area (Å²) < 4.78 is 1.05. The van der Waals surface area contributed by atoms with Crippen LogP contribution >= 0.6 is 15.9 Å². The van der Waals surface area contributed by atoms with Gasteiger partial charge in [0, 0.05) is 10.5 Å². The van der Waals surface area contributed by atoms with Crippen molar-refractivity contribution in [3.8, 4) is 0 Å². The van der Waals surface area contributed by atoms with Gasteiger partial charge in [-0.2, -0.15) is 0 Å². The summed E-state index contributed by atoms with van der Waals surface area (Å²) >= 11 is 3.65.